The molecule has 4 aromatic rings. The van der Waals surface area contributed by atoms with Crippen LogP contribution in [0.15, 0.2) is 67.0 Å². The van der Waals surface area contributed by atoms with Crippen LogP contribution in [0.3, 0.4) is 0 Å². The lowest BCUT2D eigenvalue weighted by atomic mass is 10.0. The van der Waals surface area contributed by atoms with Gasteiger partial charge in [-0.05, 0) is 18.6 Å². The molecule has 0 aliphatic carbocycles. The highest BCUT2D eigenvalue weighted by Gasteiger charge is 2.09. The molecule has 0 unspecified atom stereocenters. The zero-order valence-corrected chi connectivity index (χ0v) is 12.6. The van der Waals surface area contributed by atoms with E-state index in [2.05, 4.69) is 44.6 Å². The standard InChI is InChI=1S/C18H15N5/c1-13-11-17(23-18(21-13)19-12-20-23)22-16-10-6-5-9-15(16)14-7-3-2-4-8-14/h2-12,22H,1H3. The summed E-state index contributed by atoms with van der Waals surface area (Å²) >= 11 is 0. The topological polar surface area (TPSA) is 55.1 Å². The Morgan fingerprint density at radius 1 is 0.957 bits per heavy atom. The van der Waals surface area contributed by atoms with Gasteiger partial charge in [-0.2, -0.15) is 14.6 Å². The minimum Gasteiger partial charge on any atom is -0.340 e. The van der Waals surface area contributed by atoms with E-state index in [9.17, 15) is 0 Å². The highest BCUT2D eigenvalue weighted by molar-refractivity contribution is 5.80. The number of benzene rings is 2. The van der Waals surface area contributed by atoms with Gasteiger partial charge in [0.25, 0.3) is 5.78 Å². The first-order valence-corrected chi connectivity index (χ1v) is 7.40. The summed E-state index contributed by atoms with van der Waals surface area (Å²) in [7, 11) is 0. The minimum absolute atomic E-state index is 0.588. The van der Waals surface area contributed by atoms with Crippen molar-refractivity contribution in [3.8, 4) is 11.1 Å². The number of hydrogen-bond donors (Lipinski definition) is 1. The van der Waals surface area contributed by atoms with Crippen molar-refractivity contribution in [1.29, 1.82) is 0 Å². The largest absolute Gasteiger partial charge is 0.340 e. The molecule has 0 aliphatic rings. The zero-order valence-electron chi connectivity index (χ0n) is 12.6. The summed E-state index contributed by atoms with van der Waals surface area (Å²) in [5.74, 6) is 1.43. The van der Waals surface area contributed by atoms with E-state index in [1.54, 1.807) is 4.52 Å². The molecule has 4 rings (SSSR count). The van der Waals surface area contributed by atoms with Crippen LogP contribution in [0, 0.1) is 6.92 Å². The molecule has 0 saturated carbocycles. The zero-order chi connectivity index (χ0) is 15.6. The van der Waals surface area contributed by atoms with Crippen LogP contribution in [0.4, 0.5) is 11.5 Å². The van der Waals surface area contributed by atoms with Crippen LogP contribution in [-0.2, 0) is 0 Å². The molecule has 0 bridgehead atoms. The van der Waals surface area contributed by atoms with Gasteiger partial charge in [0.1, 0.15) is 12.1 Å². The minimum atomic E-state index is 0.588. The van der Waals surface area contributed by atoms with E-state index >= 15 is 0 Å². The van der Waals surface area contributed by atoms with E-state index in [1.807, 2.05) is 43.3 Å². The molecule has 0 spiro atoms. The number of aromatic nitrogens is 4. The molecule has 2 aromatic heterocycles. The second kappa shape index (κ2) is 5.53. The highest BCUT2D eigenvalue weighted by atomic mass is 15.3. The van der Waals surface area contributed by atoms with Gasteiger partial charge >= 0.3 is 0 Å². The predicted molar refractivity (Wildman–Crippen MR) is 90.7 cm³/mol. The molecule has 1 N–H and O–H groups in total. The van der Waals surface area contributed by atoms with Crippen molar-refractivity contribution in [2.45, 2.75) is 6.92 Å². The smallest absolute Gasteiger partial charge is 0.254 e. The highest BCUT2D eigenvalue weighted by Crippen LogP contribution is 2.30. The molecule has 5 heteroatoms. The first-order chi connectivity index (χ1) is 11.3. The van der Waals surface area contributed by atoms with Gasteiger partial charge in [0.05, 0.1) is 0 Å². The first-order valence-electron chi connectivity index (χ1n) is 7.40. The second-order valence-electron chi connectivity index (χ2n) is 5.29. The Hall–Kier alpha value is -3.21. The third-order valence-corrected chi connectivity index (χ3v) is 3.65. The van der Waals surface area contributed by atoms with Gasteiger partial charge in [-0.25, -0.2) is 4.98 Å². The summed E-state index contributed by atoms with van der Waals surface area (Å²) in [6, 6.07) is 20.5. The van der Waals surface area contributed by atoms with E-state index in [4.69, 9.17) is 0 Å². The summed E-state index contributed by atoms with van der Waals surface area (Å²) < 4.78 is 1.70. The fourth-order valence-electron chi connectivity index (χ4n) is 2.62. The normalized spacial score (nSPS) is 10.8. The molecule has 112 valence electrons. The molecular weight excluding hydrogens is 286 g/mol. The summed E-state index contributed by atoms with van der Waals surface area (Å²) in [4.78, 5) is 8.53. The maximum absolute atomic E-state index is 4.37. The van der Waals surface area contributed by atoms with E-state index in [-0.39, 0.29) is 0 Å². The van der Waals surface area contributed by atoms with Gasteiger partial charge in [0, 0.05) is 23.0 Å². The van der Waals surface area contributed by atoms with Gasteiger partial charge in [-0.15, -0.1) is 0 Å². The quantitative estimate of drug-likeness (QED) is 0.624. The average Bonchev–Trinajstić information content (AvgIpc) is 3.04. The molecule has 5 nitrogen and oxygen atoms in total. The van der Waals surface area contributed by atoms with Crippen molar-refractivity contribution in [3.05, 3.63) is 72.7 Å². The third kappa shape index (κ3) is 2.53. The van der Waals surface area contributed by atoms with Gasteiger partial charge in [0.15, 0.2) is 0 Å². The fraction of sp³-hybridized carbons (Fsp3) is 0.0556. The van der Waals surface area contributed by atoms with Crippen molar-refractivity contribution < 1.29 is 0 Å². The molecule has 0 saturated heterocycles. The number of aryl methyl sites for hydroxylation is 1. The van der Waals surface area contributed by atoms with Gasteiger partial charge in [0.2, 0.25) is 0 Å². The Morgan fingerprint density at radius 3 is 2.61 bits per heavy atom. The van der Waals surface area contributed by atoms with Crippen LogP contribution in [0.25, 0.3) is 16.9 Å². The second-order valence-corrected chi connectivity index (χ2v) is 5.29. The number of fused-ring (bicyclic) bond motifs is 1. The molecule has 0 fully saturated rings. The lowest BCUT2D eigenvalue weighted by Gasteiger charge is -2.13. The summed E-state index contributed by atoms with van der Waals surface area (Å²) in [5.41, 5.74) is 4.21. The van der Waals surface area contributed by atoms with Crippen molar-refractivity contribution >= 4 is 17.3 Å². The first kappa shape index (κ1) is 13.5. The van der Waals surface area contributed by atoms with Crippen molar-refractivity contribution in [2.24, 2.45) is 0 Å². The van der Waals surface area contributed by atoms with E-state index in [1.165, 1.54) is 6.33 Å². The molecular formula is C18H15N5. The van der Waals surface area contributed by atoms with Crippen LogP contribution in [0.2, 0.25) is 0 Å². The fourth-order valence-corrected chi connectivity index (χ4v) is 2.62. The Bertz CT molecular complexity index is 959. The average molecular weight is 301 g/mol. The Balaban J connectivity index is 1.82. The molecule has 0 aliphatic heterocycles. The Kier molecular flexibility index (Phi) is 3.24. The number of hydrogen-bond acceptors (Lipinski definition) is 4. The summed E-state index contributed by atoms with van der Waals surface area (Å²) in [6.45, 7) is 1.95. The third-order valence-electron chi connectivity index (χ3n) is 3.65. The molecule has 0 atom stereocenters. The monoisotopic (exact) mass is 301 g/mol. The number of nitrogens with one attached hydrogen (secondary N) is 1. The lowest BCUT2D eigenvalue weighted by molar-refractivity contribution is 0.937. The molecule has 2 heterocycles. The molecule has 2 aromatic carbocycles. The number of anilines is 2. The maximum Gasteiger partial charge on any atom is 0.254 e. The molecule has 0 radical (unpaired) electrons. The predicted octanol–water partition coefficient (Wildman–Crippen LogP) is 3.84. The van der Waals surface area contributed by atoms with E-state index in [0.29, 0.717) is 5.78 Å². The summed E-state index contributed by atoms with van der Waals surface area (Å²) in [5, 5.41) is 7.70. The van der Waals surface area contributed by atoms with E-state index < -0.39 is 0 Å². The maximum atomic E-state index is 4.37. The van der Waals surface area contributed by atoms with Gasteiger partial charge in [-0.1, -0.05) is 48.5 Å². The Labute approximate surface area is 133 Å². The van der Waals surface area contributed by atoms with E-state index in [0.717, 1.165) is 28.3 Å². The lowest BCUT2D eigenvalue weighted by Crippen LogP contribution is -2.03. The number of nitrogens with zero attached hydrogens (tertiary/aromatic N) is 4. The van der Waals surface area contributed by atoms with Crippen molar-refractivity contribution in [3.63, 3.8) is 0 Å². The van der Waals surface area contributed by atoms with Crippen LogP contribution < -0.4 is 5.32 Å². The van der Waals surface area contributed by atoms with Crippen LogP contribution in [0.5, 0.6) is 0 Å². The van der Waals surface area contributed by atoms with Crippen LogP contribution in [-0.4, -0.2) is 19.6 Å². The SMILES string of the molecule is Cc1cc(Nc2ccccc2-c2ccccc2)n2ncnc2n1. The van der Waals surface area contributed by atoms with Crippen molar-refractivity contribution in [2.75, 3.05) is 5.32 Å². The molecule has 0 amide bonds. The Morgan fingerprint density at radius 2 is 1.74 bits per heavy atom. The van der Waals surface area contributed by atoms with Crippen LogP contribution in [0.1, 0.15) is 5.69 Å². The summed E-state index contributed by atoms with van der Waals surface area (Å²) in [6.07, 6.45) is 1.51. The number of para-hydroxylation sites is 1. The van der Waals surface area contributed by atoms with Crippen LogP contribution >= 0.6 is 0 Å². The molecule has 23 heavy (non-hydrogen) atoms. The van der Waals surface area contributed by atoms with Gasteiger partial charge in [-0.3, -0.25) is 0 Å². The number of rotatable bonds is 3. The van der Waals surface area contributed by atoms with Crippen molar-refractivity contribution in [1.82, 2.24) is 19.6 Å². The van der Waals surface area contributed by atoms with Gasteiger partial charge < -0.3 is 5.32 Å².